The van der Waals surface area contributed by atoms with E-state index in [1.54, 1.807) is 13.2 Å². The Bertz CT molecular complexity index is 1220. The minimum Gasteiger partial charge on any atom is -0.504 e. The van der Waals surface area contributed by atoms with Crippen LogP contribution in [0.1, 0.15) is 43.9 Å². The monoisotopic (exact) mass is 399 g/mol. The van der Waals surface area contributed by atoms with E-state index in [1.165, 1.54) is 0 Å². The number of rotatable bonds is 2. The molecule has 4 heteroatoms. The number of ether oxygens (including phenoxy) is 1. The Labute approximate surface area is 176 Å². The third-order valence-corrected chi connectivity index (χ3v) is 6.27. The molecule has 4 nitrogen and oxygen atoms in total. The van der Waals surface area contributed by atoms with E-state index >= 15 is 0 Å². The highest BCUT2D eigenvalue weighted by atomic mass is 16.5. The van der Waals surface area contributed by atoms with E-state index in [2.05, 4.69) is 43.4 Å². The van der Waals surface area contributed by atoms with Gasteiger partial charge in [0.05, 0.1) is 13.2 Å². The molecule has 0 saturated heterocycles. The number of methoxy groups -OCH3 is 1. The SMILES string of the molecule is COc1cc(C2Nc3ccc4ccccc4c3C3=C2CC(C)(C)CC3=O)ccc1O. The number of nitrogens with one attached hydrogen (secondary N) is 1. The van der Waals surface area contributed by atoms with Gasteiger partial charge in [-0.05, 0) is 51.9 Å². The van der Waals surface area contributed by atoms with Gasteiger partial charge in [-0.1, -0.05) is 50.2 Å². The van der Waals surface area contributed by atoms with E-state index in [1.807, 2.05) is 24.3 Å². The van der Waals surface area contributed by atoms with Crippen LogP contribution in [0.15, 0.2) is 60.2 Å². The number of phenolic OH excluding ortho intramolecular Hbond substituents is 1. The number of hydrogen-bond acceptors (Lipinski definition) is 4. The third kappa shape index (κ3) is 2.86. The Kier molecular flexibility index (Phi) is 4.14. The van der Waals surface area contributed by atoms with Crippen molar-refractivity contribution in [1.82, 2.24) is 0 Å². The third-order valence-electron chi connectivity index (χ3n) is 6.27. The van der Waals surface area contributed by atoms with Crippen molar-refractivity contribution in [2.75, 3.05) is 12.4 Å². The van der Waals surface area contributed by atoms with Gasteiger partial charge in [-0.2, -0.15) is 0 Å². The van der Waals surface area contributed by atoms with Gasteiger partial charge in [-0.25, -0.2) is 0 Å². The zero-order valence-corrected chi connectivity index (χ0v) is 17.5. The molecule has 0 bridgehead atoms. The number of anilines is 1. The van der Waals surface area contributed by atoms with Gasteiger partial charge in [0.15, 0.2) is 17.3 Å². The van der Waals surface area contributed by atoms with E-state index < -0.39 is 0 Å². The van der Waals surface area contributed by atoms with E-state index in [0.717, 1.165) is 45.2 Å². The summed E-state index contributed by atoms with van der Waals surface area (Å²) in [4.78, 5) is 13.5. The summed E-state index contributed by atoms with van der Waals surface area (Å²) in [6, 6.07) is 17.7. The maximum atomic E-state index is 13.5. The normalized spacial score (nSPS) is 19.8. The maximum Gasteiger partial charge on any atom is 0.164 e. The van der Waals surface area contributed by atoms with Gasteiger partial charge in [0.2, 0.25) is 0 Å². The number of ketones is 1. The zero-order chi connectivity index (χ0) is 21.0. The molecular weight excluding hydrogens is 374 g/mol. The molecule has 0 saturated carbocycles. The van der Waals surface area contributed by atoms with Crippen molar-refractivity contribution in [2.45, 2.75) is 32.7 Å². The molecule has 0 aromatic heterocycles. The molecule has 0 amide bonds. The van der Waals surface area contributed by atoms with Crippen LogP contribution in [0.25, 0.3) is 16.3 Å². The van der Waals surface area contributed by atoms with Gasteiger partial charge in [0.1, 0.15) is 0 Å². The highest BCUT2D eigenvalue weighted by molar-refractivity contribution is 6.28. The maximum absolute atomic E-state index is 13.5. The van der Waals surface area contributed by atoms with Crippen LogP contribution in [0, 0.1) is 5.41 Å². The molecule has 3 aromatic carbocycles. The van der Waals surface area contributed by atoms with Crippen LogP contribution in [0.5, 0.6) is 11.5 Å². The summed E-state index contributed by atoms with van der Waals surface area (Å²) < 4.78 is 5.34. The fourth-order valence-corrected chi connectivity index (χ4v) is 4.98. The number of fused-ring (bicyclic) bond motifs is 4. The van der Waals surface area contributed by atoms with E-state index in [0.29, 0.717) is 12.2 Å². The van der Waals surface area contributed by atoms with Crippen molar-refractivity contribution >= 4 is 27.8 Å². The molecule has 1 atom stereocenters. The van der Waals surface area contributed by atoms with Crippen molar-refractivity contribution in [1.29, 1.82) is 0 Å². The number of carbonyl (C=O) groups is 1. The Hall–Kier alpha value is -3.27. The summed E-state index contributed by atoms with van der Waals surface area (Å²) in [7, 11) is 1.55. The van der Waals surface area contributed by atoms with Gasteiger partial charge in [-0.3, -0.25) is 4.79 Å². The Morgan fingerprint density at radius 1 is 1.07 bits per heavy atom. The van der Waals surface area contributed by atoms with Crippen LogP contribution in [0.3, 0.4) is 0 Å². The molecule has 5 rings (SSSR count). The first-order valence-electron chi connectivity index (χ1n) is 10.3. The topological polar surface area (TPSA) is 58.6 Å². The predicted octanol–water partition coefficient (Wildman–Crippen LogP) is 5.86. The quantitative estimate of drug-likeness (QED) is 0.566. The van der Waals surface area contributed by atoms with Crippen LogP contribution in [0.4, 0.5) is 5.69 Å². The van der Waals surface area contributed by atoms with E-state index in [9.17, 15) is 9.90 Å². The first-order valence-corrected chi connectivity index (χ1v) is 10.3. The number of Topliss-reactive ketones (excluding diaryl/α,β-unsaturated/α-hetero) is 1. The number of aromatic hydroxyl groups is 1. The van der Waals surface area contributed by atoms with E-state index in [4.69, 9.17) is 4.74 Å². The standard InChI is InChI=1S/C26H25NO3/c1-26(2)13-18-24(21(29)14-26)23-17-7-5-4-6-15(17)8-10-19(23)27-25(18)16-9-11-20(28)22(12-16)30-3/h4-12,25,27-28H,13-14H2,1-3H3. The molecule has 1 unspecified atom stereocenters. The second-order valence-corrected chi connectivity index (χ2v) is 9.06. The molecule has 1 heterocycles. The molecule has 0 radical (unpaired) electrons. The summed E-state index contributed by atoms with van der Waals surface area (Å²) >= 11 is 0. The summed E-state index contributed by atoms with van der Waals surface area (Å²) in [5.74, 6) is 0.746. The van der Waals surface area contributed by atoms with Crippen molar-refractivity contribution in [2.24, 2.45) is 5.41 Å². The summed E-state index contributed by atoms with van der Waals surface area (Å²) in [6.07, 6.45) is 1.37. The second kappa shape index (κ2) is 6.63. The van der Waals surface area contributed by atoms with Crippen molar-refractivity contribution < 1.29 is 14.6 Å². The smallest absolute Gasteiger partial charge is 0.164 e. The number of benzene rings is 3. The van der Waals surface area contributed by atoms with Crippen molar-refractivity contribution in [3.05, 3.63) is 71.3 Å². The highest BCUT2D eigenvalue weighted by Gasteiger charge is 2.40. The minimum absolute atomic E-state index is 0.0983. The summed E-state index contributed by atoms with van der Waals surface area (Å²) in [6.45, 7) is 4.31. The van der Waals surface area contributed by atoms with E-state index in [-0.39, 0.29) is 23.0 Å². The molecule has 0 fully saturated rings. The van der Waals surface area contributed by atoms with Crippen LogP contribution in [-0.4, -0.2) is 18.0 Å². The largest absolute Gasteiger partial charge is 0.504 e. The van der Waals surface area contributed by atoms with Crippen LogP contribution >= 0.6 is 0 Å². The Morgan fingerprint density at radius 3 is 2.67 bits per heavy atom. The van der Waals surface area contributed by atoms with Gasteiger partial charge in [0, 0.05) is 23.2 Å². The second-order valence-electron chi connectivity index (χ2n) is 9.06. The lowest BCUT2D eigenvalue weighted by atomic mass is 9.68. The minimum atomic E-state index is -0.147. The average molecular weight is 399 g/mol. The van der Waals surface area contributed by atoms with Crippen LogP contribution in [0.2, 0.25) is 0 Å². The molecule has 30 heavy (non-hydrogen) atoms. The van der Waals surface area contributed by atoms with Crippen molar-refractivity contribution in [3.8, 4) is 11.5 Å². The molecule has 1 aliphatic carbocycles. The highest BCUT2D eigenvalue weighted by Crippen LogP contribution is 2.52. The lowest BCUT2D eigenvalue weighted by Crippen LogP contribution is -2.32. The zero-order valence-electron chi connectivity index (χ0n) is 17.5. The summed E-state index contributed by atoms with van der Waals surface area (Å²) in [5.41, 5.74) is 4.84. The predicted molar refractivity (Wildman–Crippen MR) is 120 cm³/mol. The molecule has 0 spiro atoms. The fraction of sp³-hybridized carbons (Fsp3) is 0.269. The Morgan fingerprint density at radius 2 is 1.87 bits per heavy atom. The lowest BCUT2D eigenvalue weighted by molar-refractivity contribution is -0.116. The lowest BCUT2D eigenvalue weighted by Gasteiger charge is -2.40. The van der Waals surface area contributed by atoms with Gasteiger partial charge in [0.25, 0.3) is 0 Å². The molecule has 1 aliphatic heterocycles. The number of allylic oxidation sites excluding steroid dienone is 1. The van der Waals surface area contributed by atoms with Gasteiger partial charge < -0.3 is 15.2 Å². The average Bonchev–Trinajstić information content (AvgIpc) is 2.72. The first-order chi connectivity index (χ1) is 14.4. The number of phenols is 1. The number of carbonyl (C=O) groups excluding carboxylic acids is 1. The van der Waals surface area contributed by atoms with Crippen LogP contribution < -0.4 is 10.1 Å². The molecule has 152 valence electrons. The molecule has 2 aliphatic rings. The molecule has 2 N–H and O–H groups in total. The Balaban J connectivity index is 1.78. The first kappa shape index (κ1) is 18.7. The fourth-order valence-electron chi connectivity index (χ4n) is 4.98. The summed E-state index contributed by atoms with van der Waals surface area (Å²) in [5, 5.41) is 16.0. The molecule has 3 aromatic rings. The number of hydrogen-bond donors (Lipinski definition) is 2. The van der Waals surface area contributed by atoms with Crippen LogP contribution in [-0.2, 0) is 4.79 Å². The van der Waals surface area contributed by atoms with Crippen molar-refractivity contribution in [3.63, 3.8) is 0 Å². The van der Waals surface area contributed by atoms with Gasteiger partial charge in [-0.15, -0.1) is 0 Å². The van der Waals surface area contributed by atoms with Gasteiger partial charge >= 0.3 is 0 Å². The molecular formula is C26H25NO3.